The summed E-state index contributed by atoms with van der Waals surface area (Å²) in [6, 6.07) is 3.75. The van der Waals surface area contributed by atoms with Gasteiger partial charge in [0.15, 0.2) is 11.6 Å². The smallest absolute Gasteiger partial charge is 0.407 e. The van der Waals surface area contributed by atoms with Crippen LogP contribution in [0.25, 0.3) is 0 Å². The van der Waals surface area contributed by atoms with Gasteiger partial charge in [-0.1, -0.05) is 62.8 Å². The van der Waals surface area contributed by atoms with Gasteiger partial charge in [0.25, 0.3) is 0 Å². The van der Waals surface area contributed by atoms with Crippen LogP contribution in [-0.4, -0.2) is 144 Å². The number of anilines is 1. The van der Waals surface area contributed by atoms with E-state index in [-0.39, 0.29) is 86.5 Å². The van der Waals surface area contributed by atoms with Crippen LogP contribution in [0.2, 0.25) is 0 Å². The standard InChI is InChI=1S/C55H84N8O14/c1-32(2)49(63-52(71)43(60-37(7)65)12-8-9-23-56)45(67)26-39(11-10-24-58-53(57)72)51(70)61-40-18-16-38(17-19-40)30-74-54(73)59-29-41(66)27-42-28-55(31-75-55)50(69)47(77-42)21-14-33(3)13-20-46-34(4)25-44(36(6)76-46)62-48(68)22-15-35(5)64/h13-19,21-22,32,34-36,39,42-44,46-47,49-50,64,69H,8-12,20,23-31,56H2,1-7H3,(H,59,73)(H,60,65)(H,61,70)(H,62,68)(H,63,71)(H3,57,58,72)/b21-14+,22-15-,33-13+/t34-,35-,36+,39-,42+,43-,44+,46-,47+,49-,50+,55+/m0/s1. The second-order valence-corrected chi connectivity index (χ2v) is 21.0. The predicted octanol–water partition coefficient (Wildman–Crippen LogP) is 3.02. The van der Waals surface area contributed by atoms with Gasteiger partial charge in [-0.15, -0.1) is 0 Å². The van der Waals surface area contributed by atoms with Crippen molar-refractivity contribution in [2.24, 2.45) is 29.2 Å². The zero-order chi connectivity index (χ0) is 56.8. The molecule has 0 aliphatic carbocycles. The van der Waals surface area contributed by atoms with Gasteiger partial charge < -0.3 is 72.5 Å². The summed E-state index contributed by atoms with van der Waals surface area (Å²) in [7, 11) is 0. The van der Waals surface area contributed by atoms with Crippen LogP contribution in [0.15, 0.2) is 60.2 Å². The van der Waals surface area contributed by atoms with Crippen LogP contribution in [-0.2, 0) is 54.3 Å². The molecule has 0 radical (unpaired) electrons. The van der Waals surface area contributed by atoms with E-state index in [1.807, 2.05) is 26.0 Å². The van der Waals surface area contributed by atoms with Crippen molar-refractivity contribution < 1.29 is 67.5 Å². The lowest BCUT2D eigenvalue weighted by molar-refractivity contribution is -0.143. The molecule has 22 nitrogen and oxygen atoms in total. The highest BCUT2D eigenvalue weighted by molar-refractivity contribution is 5.98. The van der Waals surface area contributed by atoms with Crippen molar-refractivity contribution in [1.29, 1.82) is 0 Å². The van der Waals surface area contributed by atoms with Gasteiger partial charge in [0.05, 0.1) is 49.7 Å². The molecule has 12 N–H and O–H groups in total. The Morgan fingerprint density at radius 1 is 0.922 bits per heavy atom. The largest absolute Gasteiger partial charge is 0.445 e. The minimum absolute atomic E-state index is 0.0394. The molecule has 3 aliphatic heterocycles. The number of primary amides is 1. The fraction of sp³-hybridized carbons (Fsp3) is 0.636. The van der Waals surface area contributed by atoms with Gasteiger partial charge in [-0.25, -0.2) is 9.59 Å². The Balaban J connectivity index is 1.24. The van der Waals surface area contributed by atoms with Crippen molar-refractivity contribution in [3.8, 4) is 0 Å². The molecule has 1 spiro atoms. The number of Topliss-reactive ketones (excluding diaryl/α,β-unsaturated/α-hetero) is 2. The first-order chi connectivity index (χ1) is 36.5. The maximum Gasteiger partial charge on any atom is 0.407 e. The van der Waals surface area contributed by atoms with Gasteiger partial charge in [-0.05, 0) is 102 Å². The first-order valence-corrected chi connectivity index (χ1v) is 26.8. The molecule has 0 aromatic heterocycles. The van der Waals surface area contributed by atoms with Crippen molar-refractivity contribution in [2.75, 3.05) is 31.6 Å². The lowest BCUT2D eigenvalue weighted by Gasteiger charge is -2.39. The van der Waals surface area contributed by atoms with Crippen LogP contribution >= 0.6 is 0 Å². The van der Waals surface area contributed by atoms with Crippen molar-refractivity contribution in [3.63, 3.8) is 0 Å². The molecular weight excluding hydrogens is 997 g/mol. The molecule has 428 valence electrons. The minimum atomic E-state index is -0.956. The number of aliphatic hydroxyl groups excluding tert-OH is 2. The normalized spacial score (nSPS) is 24.8. The van der Waals surface area contributed by atoms with Crippen LogP contribution in [0.4, 0.5) is 15.3 Å². The summed E-state index contributed by atoms with van der Waals surface area (Å²) < 4.78 is 23.5. The number of hydrogen-bond donors (Lipinski definition) is 10. The summed E-state index contributed by atoms with van der Waals surface area (Å²) in [6.07, 6.45) is 7.81. The fourth-order valence-electron chi connectivity index (χ4n) is 9.35. The predicted molar refractivity (Wildman–Crippen MR) is 286 cm³/mol. The maximum absolute atomic E-state index is 13.8. The summed E-state index contributed by atoms with van der Waals surface area (Å²) in [6.45, 7) is 12.8. The number of allylic oxidation sites excluding steroid dienone is 2. The average molecular weight is 1080 g/mol. The summed E-state index contributed by atoms with van der Waals surface area (Å²) in [5.74, 6) is -3.41. The van der Waals surface area contributed by atoms with Gasteiger partial charge in [0.2, 0.25) is 23.6 Å². The van der Waals surface area contributed by atoms with Crippen LogP contribution < -0.4 is 43.4 Å². The summed E-state index contributed by atoms with van der Waals surface area (Å²) in [5.41, 5.74) is 11.9. The number of benzene rings is 1. The molecule has 1 aromatic carbocycles. The number of carbonyl (C=O) groups is 8. The van der Waals surface area contributed by atoms with Crippen molar-refractivity contribution >= 4 is 53.0 Å². The number of aliphatic hydroxyl groups is 2. The van der Waals surface area contributed by atoms with E-state index in [1.165, 1.54) is 19.1 Å². The molecule has 22 heteroatoms. The monoisotopic (exact) mass is 1080 g/mol. The average Bonchev–Trinajstić information content (AvgIpc) is 4.16. The van der Waals surface area contributed by atoms with Gasteiger partial charge in [-0.3, -0.25) is 28.8 Å². The zero-order valence-corrected chi connectivity index (χ0v) is 45.7. The van der Waals surface area contributed by atoms with Crippen LogP contribution in [0.3, 0.4) is 0 Å². The molecule has 3 aliphatic rings. The first kappa shape index (κ1) is 63.5. The lowest BCUT2D eigenvalue weighted by atomic mass is 9.87. The summed E-state index contributed by atoms with van der Waals surface area (Å²) in [4.78, 5) is 102. The van der Waals surface area contributed by atoms with Crippen LogP contribution in [0.5, 0.6) is 0 Å². The zero-order valence-electron chi connectivity index (χ0n) is 45.7. The second-order valence-electron chi connectivity index (χ2n) is 21.0. The van der Waals surface area contributed by atoms with E-state index < -0.39 is 77.9 Å². The number of unbranched alkanes of at least 4 members (excludes halogenated alkanes) is 1. The Hall–Kier alpha value is -6.04. The lowest BCUT2D eigenvalue weighted by Crippen LogP contribution is -2.53. The molecular formula is C55H84N8O14. The molecule has 7 amide bonds. The molecule has 0 unspecified atom stereocenters. The Kier molecular flexibility index (Phi) is 25.9. The highest BCUT2D eigenvalue weighted by Crippen LogP contribution is 2.43. The maximum atomic E-state index is 13.8. The van der Waals surface area contributed by atoms with E-state index in [0.717, 1.165) is 12.0 Å². The number of alkyl carbamates (subject to hydrolysis) is 1. The summed E-state index contributed by atoms with van der Waals surface area (Å²) in [5, 5.41) is 36.7. The molecule has 12 atom stereocenters. The highest BCUT2D eigenvalue weighted by atomic mass is 16.6. The molecule has 1 aromatic rings. The minimum Gasteiger partial charge on any atom is -0.445 e. The number of rotatable bonds is 30. The summed E-state index contributed by atoms with van der Waals surface area (Å²) >= 11 is 0. The van der Waals surface area contributed by atoms with E-state index in [2.05, 4.69) is 38.8 Å². The van der Waals surface area contributed by atoms with Gasteiger partial charge in [0.1, 0.15) is 30.5 Å². The van der Waals surface area contributed by atoms with Crippen LogP contribution in [0, 0.1) is 17.8 Å². The number of carbonyl (C=O) groups excluding carboxylic acids is 8. The van der Waals surface area contributed by atoms with Gasteiger partial charge >= 0.3 is 12.1 Å². The molecule has 77 heavy (non-hydrogen) atoms. The Morgan fingerprint density at radius 2 is 1.64 bits per heavy atom. The fourth-order valence-corrected chi connectivity index (χ4v) is 9.35. The molecule has 4 rings (SSSR count). The van der Waals surface area contributed by atoms with E-state index in [4.69, 9.17) is 30.4 Å². The quantitative estimate of drug-likeness (QED) is 0.0229. The third-order valence-corrected chi connectivity index (χ3v) is 13.9. The number of ether oxygens (including phenoxy) is 4. The van der Waals surface area contributed by atoms with E-state index in [0.29, 0.717) is 62.9 Å². The van der Waals surface area contributed by atoms with E-state index in [1.54, 1.807) is 51.1 Å². The van der Waals surface area contributed by atoms with Gasteiger partial charge in [0, 0.05) is 50.4 Å². The second kappa shape index (κ2) is 31.4. The number of epoxide rings is 1. The molecule has 3 saturated heterocycles. The third-order valence-electron chi connectivity index (χ3n) is 13.9. The SMILES string of the molecule is CC(=O)N[C@@H](CCCCN)C(=O)N[C@H](C(=O)C[C@H](CCCNC(N)=O)C(=O)Nc1ccc(COC(=O)NCC(=O)C[C@@H]2C[C@@]3(CO3)[C@H](O)[C@@H](/C=C/C(C)=C/C[C@@H]3O[C@H](C)[C@H](NC(=O)/C=C\[C@H](C)O)C[C@@H]3C)O2)cc1)C(C)C. The number of nitrogens with two attached hydrogens (primary N) is 2. The van der Waals surface area contributed by atoms with Gasteiger partial charge in [-0.2, -0.15) is 0 Å². The molecule has 0 bridgehead atoms. The number of urea groups is 1. The third kappa shape index (κ3) is 22.1. The number of ketones is 2. The number of amides is 7. The van der Waals surface area contributed by atoms with Crippen molar-refractivity contribution in [2.45, 2.75) is 180 Å². The van der Waals surface area contributed by atoms with Crippen LogP contribution in [0.1, 0.15) is 118 Å². The Bertz CT molecular complexity index is 2250. The van der Waals surface area contributed by atoms with E-state index in [9.17, 15) is 48.6 Å². The topological polar surface area (TPSA) is 341 Å². The molecule has 3 fully saturated rings. The van der Waals surface area contributed by atoms with Crippen molar-refractivity contribution in [3.05, 3.63) is 65.8 Å². The molecule has 3 heterocycles. The number of hydrogen-bond acceptors (Lipinski definition) is 15. The molecule has 0 saturated carbocycles. The number of nitrogens with one attached hydrogen (secondary N) is 6. The Morgan fingerprint density at radius 3 is 2.27 bits per heavy atom. The van der Waals surface area contributed by atoms with Crippen molar-refractivity contribution in [1.82, 2.24) is 26.6 Å². The van der Waals surface area contributed by atoms with E-state index >= 15 is 0 Å². The first-order valence-electron chi connectivity index (χ1n) is 26.8. The highest BCUT2D eigenvalue weighted by Gasteiger charge is 2.58. The Labute approximate surface area is 452 Å².